The van der Waals surface area contributed by atoms with Crippen molar-refractivity contribution in [2.24, 2.45) is 0 Å². The maximum absolute atomic E-state index is 11.2. The van der Waals surface area contributed by atoms with Crippen LogP contribution in [0.2, 0.25) is 0 Å². The van der Waals surface area contributed by atoms with E-state index in [-0.39, 0.29) is 12.3 Å². The lowest BCUT2D eigenvalue weighted by Crippen LogP contribution is -2.09. The number of hydrogen-bond acceptors (Lipinski definition) is 3. The van der Waals surface area contributed by atoms with Crippen LogP contribution in [0.4, 0.5) is 5.69 Å². The van der Waals surface area contributed by atoms with E-state index in [2.05, 4.69) is 10.3 Å². The summed E-state index contributed by atoms with van der Waals surface area (Å²) < 4.78 is 0. The van der Waals surface area contributed by atoms with Crippen molar-refractivity contribution in [3.05, 3.63) is 59.9 Å². The van der Waals surface area contributed by atoms with Crippen LogP contribution in [0.25, 0.3) is 0 Å². The van der Waals surface area contributed by atoms with Crippen LogP contribution in [0, 0.1) is 11.3 Å². The molecule has 0 saturated carbocycles. The number of carbonyl (C=O) groups excluding carboxylic acids is 1. The summed E-state index contributed by atoms with van der Waals surface area (Å²) in [7, 11) is 0. The molecule has 1 aromatic heterocycles. The van der Waals surface area contributed by atoms with Gasteiger partial charge in [0.05, 0.1) is 6.07 Å². The zero-order valence-corrected chi connectivity index (χ0v) is 10.3. The minimum atomic E-state index is -0.288. The van der Waals surface area contributed by atoms with E-state index in [4.69, 9.17) is 5.26 Å². The van der Waals surface area contributed by atoms with E-state index in [9.17, 15) is 4.79 Å². The van der Waals surface area contributed by atoms with E-state index >= 15 is 0 Å². The van der Waals surface area contributed by atoms with E-state index in [1.54, 1.807) is 12.4 Å². The molecule has 0 aliphatic rings. The first kappa shape index (κ1) is 12.8. The molecule has 0 spiro atoms. The van der Waals surface area contributed by atoms with Crippen molar-refractivity contribution < 1.29 is 4.79 Å². The number of benzene rings is 1. The lowest BCUT2D eigenvalue weighted by atomic mass is 10.1. The highest BCUT2D eigenvalue weighted by Crippen LogP contribution is 2.13. The summed E-state index contributed by atoms with van der Waals surface area (Å²) in [6.45, 7) is 0. The molecule has 0 aliphatic heterocycles. The van der Waals surface area contributed by atoms with Crippen LogP contribution in [0.15, 0.2) is 48.8 Å². The van der Waals surface area contributed by atoms with Gasteiger partial charge in [0, 0.05) is 18.1 Å². The van der Waals surface area contributed by atoms with Crippen molar-refractivity contribution in [3.8, 4) is 6.07 Å². The van der Waals surface area contributed by atoms with Gasteiger partial charge in [0.1, 0.15) is 6.42 Å². The molecular formula is C15H13N3O. The first-order valence-electron chi connectivity index (χ1n) is 5.92. The fraction of sp³-hybridized carbons (Fsp3) is 0.133. The topological polar surface area (TPSA) is 65.8 Å². The van der Waals surface area contributed by atoms with Gasteiger partial charge in [-0.25, -0.2) is 0 Å². The average Bonchev–Trinajstić information content (AvgIpc) is 2.42. The molecule has 0 fully saturated rings. The molecule has 0 saturated heterocycles. The number of pyridine rings is 1. The van der Waals surface area contributed by atoms with E-state index in [0.29, 0.717) is 5.69 Å². The molecule has 94 valence electrons. The molecule has 1 N–H and O–H groups in total. The van der Waals surface area contributed by atoms with Crippen LogP contribution in [-0.2, 0) is 11.2 Å². The molecule has 2 rings (SSSR count). The highest BCUT2D eigenvalue weighted by molar-refractivity contribution is 5.91. The number of carbonyl (C=O) groups is 1. The zero-order valence-electron chi connectivity index (χ0n) is 10.3. The molecule has 19 heavy (non-hydrogen) atoms. The van der Waals surface area contributed by atoms with E-state index < -0.39 is 0 Å². The van der Waals surface area contributed by atoms with Crippen molar-refractivity contribution in [1.29, 1.82) is 5.26 Å². The Hall–Kier alpha value is -2.67. The molecule has 0 aliphatic carbocycles. The number of anilines is 1. The van der Waals surface area contributed by atoms with Crippen LogP contribution in [-0.4, -0.2) is 10.9 Å². The summed E-state index contributed by atoms with van der Waals surface area (Å²) >= 11 is 0. The lowest BCUT2D eigenvalue weighted by Gasteiger charge is -2.05. The second-order valence-corrected chi connectivity index (χ2v) is 4.11. The second-order valence-electron chi connectivity index (χ2n) is 4.11. The monoisotopic (exact) mass is 251 g/mol. The van der Waals surface area contributed by atoms with Gasteiger partial charge in [-0.3, -0.25) is 9.78 Å². The van der Waals surface area contributed by atoms with Crippen molar-refractivity contribution in [2.45, 2.75) is 12.8 Å². The third kappa shape index (κ3) is 3.93. The van der Waals surface area contributed by atoms with Crippen LogP contribution >= 0.6 is 0 Å². The van der Waals surface area contributed by atoms with Gasteiger partial charge < -0.3 is 5.32 Å². The summed E-state index contributed by atoms with van der Waals surface area (Å²) in [6.07, 6.45) is 4.24. The Morgan fingerprint density at radius 1 is 1.11 bits per heavy atom. The van der Waals surface area contributed by atoms with Gasteiger partial charge in [0.25, 0.3) is 0 Å². The summed E-state index contributed by atoms with van der Waals surface area (Å²) in [5.74, 6) is -0.288. The molecular weight excluding hydrogens is 238 g/mol. The normalized spacial score (nSPS) is 9.63. The number of hydrogen-bond donors (Lipinski definition) is 1. The van der Waals surface area contributed by atoms with Gasteiger partial charge in [0.2, 0.25) is 5.91 Å². The Bertz CT molecular complexity index is 585. The molecule has 4 heteroatoms. The van der Waals surface area contributed by atoms with Crippen molar-refractivity contribution >= 4 is 11.6 Å². The minimum absolute atomic E-state index is 0.126. The molecule has 0 bridgehead atoms. The predicted molar refractivity (Wildman–Crippen MR) is 72.3 cm³/mol. The Morgan fingerprint density at radius 3 is 2.37 bits per heavy atom. The first-order chi connectivity index (χ1) is 9.28. The van der Waals surface area contributed by atoms with Gasteiger partial charge in [-0.2, -0.15) is 5.26 Å². The fourth-order valence-electron chi connectivity index (χ4n) is 1.72. The van der Waals surface area contributed by atoms with E-state index in [0.717, 1.165) is 12.0 Å². The third-order valence-corrected chi connectivity index (χ3v) is 2.63. The average molecular weight is 251 g/mol. The van der Waals surface area contributed by atoms with Crippen LogP contribution < -0.4 is 5.32 Å². The van der Waals surface area contributed by atoms with Crippen LogP contribution in [0.3, 0.4) is 0 Å². The maximum Gasteiger partial charge on any atom is 0.238 e. The second kappa shape index (κ2) is 6.31. The molecule has 0 radical (unpaired) electrons. The number of nitriles is 1. The predicted octanol–water partition coefficient (Wildman–Crippen LogP) is 2.52. The fourth-order valence-corrected chi connectivity index (χ4v) is 1.72. The van der Waals surface area contributed by atoms with Crippen LogP contribution in [0.1, 0.15) is 17.5 Å². The standard InChI is InChI=1S/C15H13N3O/c16-8-5-15(19)18-14-3-1-12(2-4-14)11-13-6-9-17-10-7-13/h1-4,6-7,9-10H,5,11H2,(H,18,19). The molecule has 1 aromatic carbocycles. The van der Waals surface area contributed by atoms with E-state index in [1.807, 2.05) is 42.5 Å². The Kier molecular flexibility index (Phi) is 4.25. The van der Waals surface area contributed by atoms with Crippen molar-refractivity contribution in [3.63, 3.8) is 0 Å². The summed E-state index contributed by atoms with van der Waals surface area (Å²) in [5.41, 5.74) is 3.06. The van der Waals surface area contributed by atoms with Gasteiger partial charge in [-0.15, -0.1) is 0 Å². The number of nitrogens with zero attached hydrogens (tertiary/aromatic N) is 2. The Balaban J connectivity index is 1.99. The molecule has 2 aromatic rings. The number of aromatic nitrogens is 1. The SMILES string of the molecule is N#CCC(=O)Nc1ccc(Cc2ccncc2)cc1. The van der Waals surface area contributed by atoms with Gasteiger partial charge >= 0.3 is 0 Å². The van der Waals surface area contributed by atoms with Gasteiger partial charge in [-0.1, -0.05) is 12.1 Å². The van der Waals surface area contributed by atoms with Crippen molar-refractivity contribution in [1.82, 2.24) is 4.98 Å². The van der Waals surface area contributed by atoms with Gasteiger partial charge in [0.15, 0.2) is 0 Å². The van der Waals surface area contributed by atoms with E-state index in [1.165, 1.54) is 5.56 Å². The Labute approximate surface area is 111 Å². The maximum atomic E-state index is 11.2. The number of rotatable bonds is 4. The molecule has 0 unspecified atom stereocenters. The summed E-state index contributed by atoms with van der Waals surface area (Å²) in [5, 5.41) is 11.1. The van der Waals surface area contributed by atoms with Crippen molar-refractivity contribution in [2.75, 3.05) is 5.32 Å². The summed E-state index contributed by atoms with van der Waals surface area (Å²) in [4.78, 5) is 15.2. The van der Waals surface area contributed by atoms with Gasteiger partial charge in [-0.05, 0) is 41.8 Å². The minimum Gasteiger partial charge on any atom is -0.325 e. The first-order valence-corrected chi connectivity index (χ1v) is 5.92. The summed E-state index contributed by atoms with van der Waals surface area (Å²) in [6, 6.07) is 13.4. The zero-order chi connectivity index (χ0) is 13.5. The quantitative estimate of drug-likeness (QED) is 0.908. The highest BCUT2D eigenvalue weighted by atomic mass is 16.1. The highest BCUT2D eigenvalue weighted by Gasteiger charge is 2.01. The van der Waals surface area contributed by atoms with Crippen LogP contribution in [0.5, 0.6) is 0 Å². The molecule has 1 amide bonds. The molecule has 0 atom stereocenters. The lowest BCUT2D eigenvalue weighted by molar-refractivity contribution is -0.115. The number of amides is 1. The smallest absolute Gasteiger partial charge is 0.238 e. The molecule has 1 heterocycles. The largest absolute Gasteiger partial charge is 0.325 e. The number of nitrogens with one attached hydrogen (secondary N) is 1. The Morgan fingerprint density at radius 2 is 1.74 bits per heavy atom. The third-order valence-electron chi connectivity index (χ3n) is 2.63. The molecule has 4 nitrogen and oxygen atoms in total.